The molecule has 2 aromatic rings. The van der Waals surface area contributed by atoms with E-state index in [1.807, 2.05) is 18.7 Å². The monoisotopic (exact) mass is 291 g/mol. The van der Waals surface area contributed by atoms with Crippen molar-refractivity contribution in [2.24, 2.45) is 11.6 Å². The van der Waals surface area contributed by atoms with E-state index >= 15 is 0 Å². The van der Waals surface area contributed by atoms with Crippen molar-refractivity contribution >= 4 is 17.8 Å². The van der Waals surface area contributed by atoms with Crippen molar-refractivity contribution < 1.29 is 4.79 Å². The maximum Gasteiger partial charge on any atom is 0.269 e. The minimum absolute atomic E-state index is 0.127. The quantitative estimate of drug-likeness (QED) is 0.468. The summed E-state index contributed by atoms with van der Waals surface area (Å²) in [6, 6.07) is 1.48. The van der Waals surface area contributed by atoms with E-state index in [0.29, 0.717) is 5.95 Å². The first-order valence-corrected chi connectivity index (χ1v) is 6.42. The number of amides is 1. The van der Waals surface area contributed by atoms with Crippen molar-refractivity contribution in [2.75, 3.05) is 23.4 Å². The molecule has 2 heterocycles. The molecule has 0 atom stereocenters. The number of nitrogens with zero attached hydrogens (tertiary/aromatic N) is 6. The van der Waals surface area contributed by atoms with Gasteiger partial charge in [0.25, 0.3) is 11.9 Å². The normalized spacial score (nSPS) is 10.4. The lowest BCUT2D eigenvalue weighted by Crippen LogP contribution is -2.26. The third-order valence-electron chi connectivity index (χ3n) is 2.83. The largest absolute Gasteiger partial charge is 0.364 e. The van der Waals surface area contributed by atoms with E-state index in [1.165, 1.54) is 10.7 Å². The SMILES string of the molecule is CCN(CC)c1nc(NN)nc(-n2ccc(C(N)=O)n2)n1. The maximum absolute atomic E-state index is 11.1. The fraction of sp³-hybridized carbons (Fsp3) is 0.364. The number of primary amides is 1. The number of hydrogen-bond acceptors (Lipinski definition) is 8. The van der Waals surface area contributed by atoms with Crippen LogP contribution in [-0.2, 0) is 0 Å². The lowest BCUT2D eigenvalue weighted by Gasteiger charge is -2.19. The molecule has 0 aliphatic carbocycles. The summed E-state index contributed by atoms with van der Waals surface area (Å²) in [5, 5.41) is 4.01. The van der Waals surface area contributed by atoms with Gasteiger partial charge in [-0.3, -0.25) is 10.2 Å². The second kappa shape index (κ2) is 6.13. The molecule has 2 rings (SSSR count). The van der Waals surface area contributed by atoms with Crippen LogP contribution in [0.15, 0.2) is 12.3 Å². The lowest BCUT2D eigenvalue weighted by molar-refractivity contribution is 0.0995. The Morgan fingerprint density at radius 2 is 2.05 bits per heavy atom. The van der Waals surface area contributed by atoms with Crippen molar-refractivity contribution in [3.63, 3.8) is 0 Å². The first-order chi connectivity index (χ1) is 10.1. The van der Waals surface area contributed by atoms with Crippen LogP contribution in [0.1, 0.15) is 24.3 Å². The third-order valence-corrected chi connectivity index (χ3v) is 2.83. The van der Waals surface area contributed by atoms with Crippen molar-refractivity contribution in [3.05, 3.63) is 18.0 Å². The van der Waals surface area contributed by atoms with E-state index in [1.54, 1.807) is 6.20 Å². The third kappa shape index (κ3) is 3.05. The number of anilines is 2. The summed E-state index contributed by atoms with van der Waals surface area (Å²) in [6.07, 6.45) is 1.54. The number of rotatable bonds is 6. The molecule has 0 saturated carbocycles. The number of hydrazine groups is 1. The number of hydrogen-bond donors (Lipinski definition) is 3. The highest BCUT2D eigenvalue weighted by Crippen LogP contribution is 2.12. The first-order valence-electron chi connectivity index (χ1n) is 6.42. The molecule has 0 bridgehead atoms. The Labute approximate surface area is 121 Å². The zero-order valence-electron chi connectivity index (χ0n) is 11.8. The smallest absolute Gasteiger partial charge is 0.269 e. The number of nitrogens with two attached hydrogens (primary N) is 2. The number of carbonyl (C=O) groups excluding carboxylic acids is 1. The minimum Gasteiger partial charge on any atom is -0.364 e. The van der Waals surface area contributed by atoms with E-state index in [2.05, 4.69) is 25.5 Å². The van der Waals surface area contributed by atoms with Gasteiger partial charge in [0.05, 0.1) is 0 Å². The second-order valence-electron chi connectivity index (χ2n) is 4.09. The standard InChI is InChI=1S/C11H17N9O/c1-3-19(4-2)10-14-9(17-13)15-11(16-10)20-6-5-7(18-20)8(12)21/h5-6H,3-4,13H2,1-2H3,(H2,12,21)(H,14,15,16,17). The Morgan fingerprint density at radius 3 is 2.57 bits per heavy atom. The Morgan fingerprint density at radius 1 is 1.33 bits per heavy atom. The number of aromatic nitrogens is 5. The van der Waals surface area contributed by atoms with Gasteiger partial charge in [0.1, 0.15) is 5.69 Å². The Balaban J connectivity index is 2.46. The molecule has 0 fully saturated rings. The van der Waals surface area contributed by atoms with Crippen LogP contribution in [-0.4, -0.2) is 43.7 Å². The summed E-state index contributed by atoms with van der Waals surface area (Å²) in [5.74, 6) is 5.67. The summed E-state index contributed by atoms with van der Waals surface area (Å²) in [5.41, 5.74) is 7.69. The zero-order chi connectivity index (χ0) is 15.4. The van der Waals surface area contributed by atoms with E-state index in [9.17, 15) is 4.79 Å². The van der Waals surface area contributed by atoms with Crippen LogP contribution in [0.2, 0.25) is 0 Å². The van der Waals surface area contributed by atoms with Crippen LogP contribution in [0, 0.1) is 0 Å². The minimum atomic E-state index is -0.621. The van der Waals surface area contributed by atoms with Gasteiger partial charge in [0.15, 0.2) is 0 Å². The van der Waals surface area contributed by atoms with Crippen LogP contribution in [0.4, 0.5) is 11.9 Å². The van der Waals surface area contributed by atoms with Gasteiger partial charge in [-0.15, -0.1) is 0 Å². The molecule has 0 radical (unpaired) electrons. The van der Waals surface area contributed by atoms with Gasteiger partial charge in [0.2, 0.25) is 11.9 Å². The van der Waals surface area contributed by atoms with Gasteiger partial charge in [0, 0.05) is 19.3 Å². The summed E-state index contributed by atoms with van der Waals surface area (Å²) >= 11 is 0. The van der Waals surface area contributed by atoms with Gasteiger partial charge in [-0.1, -0.05) is 0 Å². The Hall–Kier alpha value is -2.75. The fourth-order valence-electron chi connectivity index (χ4n) is 1.74. The predicted octanol–water partition coefficient (Wildman–Crippen LogP) is -0.712. The lowest BCUT2D eigenvalue weighted by atomic mass is 10.4. The highest BCUT2D eigenvalue weighted by atomic mass is 16.1. The summed E-state index contributed by atoms with van der Waals surface area (Å²) in [7, 11) is 0. The molecule has 10 nitrogen and oxygen atoms in total. The molecule has 0 spiro atoms. The van der Waals surface area contributed by atoms with E-state index in [4.69, 9.17) is 11.6 Å². The van der Waals surface area contributed by atoms with E-state index in [0.717, 1.165) is 13.1 Å². The molecular formula is C11H17N9O. The highest BCUT2D eigenvalue weighted by Gasteiger charge is 2.13. The predicted molar refractivity (Wildman–Crippen MR) is 76.8 cm³/mol. The van der Waals surface area contributed by atoms with Crippen LogP contribution in [0.3, 0.4) is 0 Å². The molecule has 10 heteroatoms. The molecule has 2 aromatic heterocycles. The van der Waals surface area contributed by atoms with Crippen molar-refractivity contribution in [1.82, 2.24) is 24.7 Å². The molecule has 1 amide bonds. The van der Waals surface area contributed by atoms with Gasteiger partial charge in [-0.2, -0.15) is 20.1 Å². The molecule has 0 aliphatic rings. The van der Waals surface area contributed by atoms with Crippen molar-refractivity contribution in [1.29, 1.82) is 0 Å². The molecule has 0 aromatic carbocycles. The van der Waals surface area contributed by atoms with E-state index in [-0.39, 0.29) is 17.6 Å². The van der Waals surface area contributed by atoms with Gasteiger partial charge in [-0.25, -0.2) is 10.5 Å². The van der Waals surface area contributed by atoms with Gasteiger partial charge in [-0.05, 0) is 19.9 Å². The molecule has 0 saturated heterocycles. The van der Waals surface area contributed by atoms with Gasteiger partial charge < -0.3 is 10.6 Å². The summed E-state index contributed by atoms with van der Waals surface area (Å²) in [4.78, 5) is 25.7. The van der Waals surface area contributed by atoms with Crippen molar-refractivity contribution in [3.8, 4) is 5.95 Å². The number of nitrogens with one attached hydrogen (secondary N) is 1. The van der Waals surface area contributed by atoms with Crippen LogP contribution >= 0.6 is 0 Å². The zero-order valence-corrected chi connectivity index (χ0v) is 11.8. The van der Waals surface area contributed by atoms with Gasteiger partial charge >= 0.3 is 0 Å². The summed E-state index contributed by atoms with van der Waals surface area (Å²) in [6.45, 7) is 5.44. The average molecular weight is 291 g/mol. The fourth-order valence-corrected chi connectivity index (χ4v) is 1.74. The summed E-state index contributed by atoms with van der Waals surface area (Å²) < 4.78 is 1.34. The highest BCUT2D eigenvalue weighted by molar-refractivity contribution is 5.90. The van der Waals surface area contributed by atoms with Crippen molar-refractivity contribution in [2.45, 2.75) is 13.8 Å². The average Bonchev–Trinajstić information content (AvgIpc) is 2.98. The number of carbonyl (C=O) groups is 1. The molecule has 0 aliphatic heterocycles. The first kappa shape index (κ1) is 14.7. The molecule has 5 N–H and O–H groups in total. The molecular weight excluding hydrogens is 274 g/mol. The second-order valence-corrected chi connectivity index (χ2v) is 4.09. The molecule has 21 heavy (non-hydrogen) atoms. The topological polar surface area (TPSA) is 141 Å². The van der Waals surface area contributed by atoms with E-state index < -0.39 is 5.91 Å². The Kier molecular flexibility index (Phi) is 4.28. The molecule has 0 unspecified atom stereocenters. The van der Waals surface area contributed by atoms with Crippen LogP contribution in [0.5, 0.6) is 0 Å². The van der Waals surface area contributed by atoms with Crippen LogP contribution < -0.4 is 21.9 Å². The Bertz CT molecular complexity index is 634. The molecule has 112 valence electrons. The maximum atomic E-state index is 11.1. The number of nitrogen functional groups attached to an aromatic ring is 1. The van der Waals surface area contributed by atoms with Crippen LogP contribution in [0.25, 0.3) is 5.95 Å².